The van der Waals surface area contributed by atoms with E-state index in [1.807, 2.05) is 0 Å². The van der Waals surface area contributed by atoms with Gasteiger partial charge >= 0.3 is 0 Å². The topological polar surface area (TPSA) is 95.3 Å². The lowest BCUT2D eigenvalue weighted by atomic mass is 10.4. The maximum Gasteiger partial charge on any atom is 0.246 e. The molecule has 0 amide bonds. The molecule has 0 aliphatic carbocycles. The summed E-state index contributed by atoms with van der Waals surface area (Å²) in [6.45, 7) is 4.11. The zero-order chi connectivity index (χ0) is 13.0. The largest absolute Gasteiger partial charge is 0.329 e. The molecule has 0 radical (unpaired) electrons. The molecule has 1 aliphatic rings. The molecule has 8 heteroatoms. The van der Waals surface area contributed by atoms with Crippen LogP contribution in [0, 0.1) is 0 Å². The highest BCUT2D eigenvalue weighted by Crippen LogP contribution is 2.15. The lowest BCUT2D eigenvalue weighted by Gasteiger charge is -2.20. The quantitative estimate of drug-likeness (QED) is 0.738. The summed E-state index contributed by atoms with van der Waals surface area (Å²) >= 11 is 0. The van der Waals surface area contributed by atoms with Gasteiger partial charge in [0.25, 0.3) is 0 Å². The van der Waals surface area contributed by atoms with Crippen LogP contribution in [0.1, 0.15) is 6.42 Å². The highest BCUT2D eigenvalue weighted by atomic mass is 32.2. The molecule has 0 aromatic carbocycles. The summed E-state index contributed by atoms with van der Waals surface area (Å²) in [6.07, 6.45) is 3.59. The minimum atomic E-state index is -3.40. The van der Waals surface area contributed by atoms with Crippen LogP contribution in [0.3, 0.4) is 0 Å². The fourth-order valence-corrected chi connectivity index (χ4v) is 3.50. The predicted molar refractivity (Wildman–Crippen MR) is 67.5 cm³/mol. The highest BCUT2D eigenvalue weighted by Gasteiger charge is 2.27. The van der Waals surface area contributed by atoms with E-state index in [1.54, 1.807) is 0 Å². The molecule has 0 bridgehead atoms. The SMILES string of the molecule is NCCN1CCCN(S(=O)(=O)c2cn[nH]c2)CC1. The number of rotatable bonds is 4. The van der Waals surface area contributed by atoms with Crippen molar-refractivity contribution < 1.29 is 8.42 Å². The maximum atomic E-state index is 12.3. The van der Waals surface area contributed by atoms with Gasteiger partial charge in [-0.25, -0.2) is 8.42 Å². The van der Waals surface area contributed by atoms with E-state index in [0.29, 0.717) is 19.6 Å². The first-order chi connectivity index (χ1) is 8.64. The van der Waals surface area contributed by atoms with Crippen molar-refractivity contribution in [2.75, 3.05) is 39.3 Å². The number of aromatic nitrogens is 2. The normalized spacial score (nSPS) is 19.8. The molecule has 3 N–H and O–H groups in total. The molecule has 2 rings (SSSR count). The molecule has 1 fully saturated rings. The van der Waals surface area contributed by atoms with E-state index < -0.39 is 10.0 Å². The van der Waals surface area contributed by atoms with E-state index in [-0.39, 0.29) is 4.90 Å². The second kappa shape index (κ2) is 5.79. The Morgan fingerprint density at radius 2 is 2.17 bits per heavy atom. The summed E-state index contributed by atoms with van der Waals surface area (Å²) in [6, 6.07) is 0. The van der Waals surface area contributed by atoms with Gasteiger partial charge in [-0.3, -0.25) is 5.10 Å². The predicted octanol–water partition coefficient (Wildman–Crippen LogP) is -0.935. The lowest BCUT2D eigenvalue weighted by Crippen LogP contribution is -2.36. The fourth-order valence-electron chi connectivity index (χ4n) is 2.12. The van der Waals surface area contributed by atoms with E-state index in [1.165, 1.54) is 16.7 Å². The van der Waals surface area contributed by atoms with Crippen molar-refractivity contribution in [2.45, 2.75) is 11.3 Å². The number of aromatic amines is 1. The van der Waals surface area contributed by atoms with Crippen LogP contribution in [0.2, 0.25) is 0 Å². The standard InChI is InChI=1S/C10H19N5O2S/c11-2-5-14-3-1-4-15(7-6-14)18(16,17)10-8-12-13-9-10/h8-9H,1-7,11H2,(H,12,13). The van der Waals surface area contributed by atoms with Gasteiger partial charge in [0.1, 0.15) is 4.90 Å². The number of nitrogens with zero attached hydrogens (tertiary/aromatic N) is 3. The Balaban J connectivity index is 2.06. The number of nitrogens with two attached hydrogens (primary N) is 1. The van der Waals surface area contributed by atoms with Crippen molar-refractivity contribution in [2.24, 2.45) is 5.73 Å². The summed E-state index contributed by atoms with van der Waals surface area (Å²) in [7, 11) is -3.40. The van der Waals surface area contributed by atoms with Gasteiger partial charge in [-0.15, -0.1) is 0 Å². The first-order valence-corrected chi connectivity index (χ1v) is 7.50. The molecule has 0 spiro atoms. The highest BCUT2D eigenvalue weighted by molar-refractivity contribution is 7.89. The molecule has 0 saturated carbocycles. The Morgan fingerprint density at radius 3 is 2.83 bits per heavy atom. The minimum absolute atomic E-state index is 0.231. The summed E-state index contributed by atoms with van der Waals surface area (Å²) in [4.78, 5) is 2.43. The monoisotopic (exact) mass is 273 g/mol. The van der Waals surface area contributed by atoms with Gasteiger partial charge in [0, 0.05) is 38.9 Å². The molecule has 1 aromatic heterocycles. The second-order valence-corrected chi connectivity index (χ2v) is 6.26. The maximum absolute atomic E-state index is 12.3. The van der Waals surface area contributed by atoms with E-state index >= 15 is 0 Å². The average Bonchev–Trinajstić information content (AvgIpc) is 2.78. The van der Waals surface area contributed by atoms with Crippen molar-refractivity contribution in [3.63, 3.8) is 0 Å². The average molecular weight is 273 g/mol. The van der Waals surface area contributed by atoms with Crippen molar-refractivity contribution >= 4 is 10.0 Å². The van der Waals surface area contributed by atoms with Gasteiger partial charge in [-0.05, 0) is 13.0 Å². The molecular formula is C10H19N5O2S. The van der Waals surface area contributed by atoms with Gasteiger partial charge in [-0.2, -0.15) is 9.40 Å². The number of sulfonamides is 1. The van der Waals surface area contributed by atoms with Crippen LogP contribution in [0.4, 0.5) is 0 Å². The Bertz CT molecular complexity index is 459. The van der Waals surface area contributed by atoms with Crippen LogP contribution in [-0.4, -0.2) is 67.1 Å². The van der Waals surface area contributed by atoms with E-state index in [4.69, 9.17) is 5.73 Å². The number of H-pyrrole nitrogens is 1. The zero-order valence-electron chi connectivity index (χ0n) is 10.2. The van der Waals surface area contributed by atoms with E-state index in [2.05, 4.69) is 15.1 Å². The number of hydrogen-bond acceptors (Lipinski definition) is 5. The first-order valence-electron chi connectivity index (χ1n) is 6.06. The molecule has 0 atom stereocenters. The van der Waals surface area contributed by atoms with Gasteiger partial charge in [-0.1, -0.05) is 0 Å². The van der Waals surface area contributed by atoms with Crippen molar-refractivity contribution in [3.05, 3.63) is 12.4 Å². The second-order valence-electron chi connectivity index (χ2n) is 4.32. The summed E-state index contributed by atoms with van der Waals surface area (Å²) in [5.74, 6) is 0. The molecule has 0 unspecified atom stereocenters. The third-order valence-electron chi connectivity index (χ3n) is 3.10. The van der Waals surface area contributed by atoms with Gasteiger partial charge in [0.2, 0.25) is 10.0 Å². The van der Waals surface area contributed by atoms with Crippen molar-refractivity contribution in [1.29, 1.82) is 0 Å². The third kappa shape index (κ3) is 2.89. The molecule has 1 aliphatic heterocycles. The van der Waals surface area contributed by atoms with Gasteiger partial charge in [0.15, 0.2) is 0 Å². The molecule has 18 heavy (non-hydrogen) atoms. The molecule has 7 nitrogen and oxygen atoms in total. The Hall–Kier alpha value is -0.960. The molecular weight excluding hydrogens is 254 g/mol. The molecule has 1 aromatic rings. The van der Waals surface area contributed by atoms with Crippen LogP contribution < -0.4 is 5.73 Å². The summed E-state index contributed by atoms with van der Waals surface area (Å²) in [5, 5.41) is 6.23. The molecule has 2 heterocycles. The van der Waals surface area contributed by atoms with Crippen LogP contribution in [0.5, 0.6) is 0 Å². The van der Waals surface area contributed by atoms with Gasteiger partial charge < -0.3 is 10.6 Å². The molecule has 102 valence electrons. The van der Waals surface area contributed by atoms with Crippen LogP contribution >= 0.6 is 0 Å². The van der Waals surface area contributed by atoms with Crippen LogP contribution in [0.15, 0.2) is 17.3 Å². The number of nitrogens with one attached hydrogen (secondary N) is 1. The van der Waals surface area contributed by atoms with Crippen LogP contribution in [0.25, 0.3) is 0 Å². The zero-order valence-corrected chi connectivity index (χ0v) is 11.1. The molecule has 1 saturated heterocycles. The third-order valence-corrected chi connectivity index (χ3v) is 4.97. The lowest BCUT2D eigenvalue weighted by molar-refractivity contribution is 0.294. The summed E-state index contributed by atoms with van der Waals surface area (Å²) in [5.41, 5.74) is 5.52. The van der Waals surface area contributed by atoms with Gasteiger partial charge in [0.05, 0.1) is 6.20 Å². The summed E-state index contributed by atoms with van der Waals surface area (Å²) < 4.78 is 26.1. The first kappa shape index (κ1) is 13.5. The Kier molecular flexibility index (Phi) is 4.33. The Morgan fingerprint density at radius 1 is 1.33 bits per heavy atom. The Labute approximate surface area is 107 Å². The van der Waals surface area contributed by atoms with E-state index in [0.717, 1.165) is 26.1 Å². The smallest absolute Gasteiger partial charge is 0.246 e. The van der Waals surface area contributed by atoms with E-state index in [9.17, 15) is 8.42 Å². The number of hydrogen-bond donors (Lipinski definition) is 2. The van der Waals surface area contributed by atoms with Crippen LogP contribution in [-0.2, 0) is 10.0 Å². The van der Waals surface area contributed by atoms with Crippen molar-refractivity contribution in [1.82, 2.24) is 19.4 Å². The minimum Gasteiger partial charge on any atom is -0.329 e. The fraction of sp³-hybridized carbons (Fsp3) is 0.700. The van der Waals surface area contributed by atoms with Crippen molar-refractivity contribution in [3.8, 4) is 0 Å².